The van der Waals surface area contributed by atoms with E-state index in [1.165, 1.54) is 17.1 Å². The Bertz CT molecular complexity index is 389. The molecule has 0 saturated carbocycles. The molecule has 1 nitrogen and oxygen atoms in total. The van der Waals surface area contributed by atoms with Crippen LogP contribution in [0.5, 0.6) is 0 Å². The summed E-state index contributed by atoms with van der Waals surface area (Å²) in [5, 5.41) is 0. The van der Waals surface area contributed by atoms with Crippen molar-refractivity contribution < 1.29 is 4.42 Å². The van der Waals surface area contributed by atoms with E-state index in [1.807, 2.05) is 23.9 Å². The van der Waals surface area contributed by atoms with Gasteiger partial charge in [-0.1, -0.05) is 19.1 Å². The van der Waals surface area contributed by atoms with E-state index in [1.54, 1.807) is 6.26 Å². The summed E-state index contributed by atoms with van der Waals surface area (Å²) in [5.74, 6) is 2.11. The first-order valence-electron chi connectivity index (χ1n) is 5.17. The number of rotatable bonds is 4. The van der Waals surface area contributed by atoms with Crippen LogP contribution in [-0.4, -0.2) is 5.75 Å². The van der Waals surface area contributed by atoms with E-state index in [9.17, 15) is 0 Å². The third kappa shape index (κ3) is 2.66. The summed E-state index contributed by atoms with van der Waals surface area (Å²) in [6.45, 7) is 2.20. The van der Waals surface area contributed by atoms with Crippen molar-refractivity contribution >= 4 is 11.8 Å². The standard InChI is InChI=1S/C13H14OS/c1-2-10-15-12-7-5-11(6-8-12)13-4-3-9-14-13/h3-9H,2,10H2,1H3. The Morgan fingerprint density at radius 3 is 2.53 bits per heavy atom. The number of thioether (sulfide) groups is 1. The molecule has 0 aliphatic carbocycles. The number of furan rings is 1. The quantitative estimate of drug-likeness (QED) is 0.703. The summed E-state index contributed by atoms with van der Waals surface area (Å²) in [5.41, 5.74) is 1.14. The third-order valence-corrected chi connectivity index (χ3v) is 3.35. The third-order valence-electron chi connectivity index (χ3n) is 2.13. The minimum Gasteiger partial charge on any atom is -0.464 e. The van der Waals surface area contributed by atoms with Crippen LogP contribution in [0.25, 0.3) is 11.3 Å². The largest absolute Gasteiger partial charge is 0.464 e. The summed E-state index contributed by atoms with van der Waals surface area (Å²) in [6, 6.07) is 12.4. The van der Waals surface area contributed by atoms with Gasteiger partial charge >= 0.3 is 0 Å². The predicted octanol–water partition coefficient (Wildman–Crippen LogP) is 4.45. The molecule has 15 heavy (non-hydrogen) atoms. The van der Waals surface area contributed by atoms with Gasteiger partial charge in [-0.2, -0.15) is 0 Å². The Morgan fingerprint density at radius 1 is 1.13 bits per heavy atom. The monoisotopic (exact) mass is 218 g/mol. The number of hydrogen-bond donors (Lipinski definition) is 0. The van der Waals surface area contributed by atoms with Crippen LogP contribution in [0, 0.1) is 0 Å². The molecule has 1 heterocycles. The lowest BCUT2D eigenvalue weighted by atomic mass is 10.2. The molecule has 0 N–H and O–H groups in total. The molecule has 1 aromatic heterocycles. The van der Waals surface area contributed by atoms with Crippen molar-refractivity contribution in [3.8, 4) is 11.3 Å². The second-order valence-electron chi connectivity index (χ2n) is 3.35. The maximum absolute atomic E-state index is 5.33. The summed E-state index contributed by atoms with van der Waals surface area (Å²) >= 11 is 1.90. The Balaban J connectivity index is 2.11. The fraction of sp³-hybridized carbons (Fsp3) is 0.231. The fourth-order valence-electron chi connectivity index (χ4n) is 1.38. The van der Waals surface area contributed by atoms with Crippen molar-refractivity contribution in [3.05, 3.63) is 42.7 Å². The first-order chi connectivity index (χ1) is 7.40. The number of benzene rings is 1. The number of hydrogen-bond acceptors (Lipinski definition) is 2. The van der Waals surface area contributed by atoms with Crippen molar-refractivity contribution in [2.45, 2.75) is 18.2 Å². The average molecular weight is 218 g/mol. The van der Waals surface area contributed by atoms with Crippen LogP contribution < -0.4 is 0 Å². The highest BCUT2D eigenvalue weighted by Gasteiger charge is 1.99. The molecule has 2 heteroatoms. The Labute approximate surface area is 94.5 Å². The van der Waals surface area contributed by atoms with E-state index in [0.717, 1.165) is 11.3 Å². The summed E-state index contributed by atoms with van der Waals surface area (Å²) < 4.78 is 5.33. The smallest absolute Gasteiger partial charge is 0.133 e. The fourth-order valence-corrected chi connectivity index (χ4v) is 2.15. The predicted molar refractivity (Wildman–Crippen MR) is 65.2 cm³/mol. The minimum absolute atomic E-state index is 0.932. The van der Waals surface area contributed by atoms with Gasteiger partial charge in [0.15, 0.2) is 0 Å². The van der Waals surface area contributed by atoms with Gasteiger partial charge < -0.3 is 4.42 Å². The molecule has 0 saturated heterocycles. The lowest BCUT2D eigenvalue weighted by Gasteiger charge is -2.01. The molecular weight excluding hydrogens is 204 g/mol. The molecule has 2 aromatic rings. The van der Waals surface area contributed by atoms with Gasteiger partial charge in [0.25, 0.3) is 0 Å². The van der Waals surface area contributed by atoms with Gasteiger partial charge in [0.2, 0.25) is 0 Å². The Kier molecular flexibility index (Phi) is 3.51. The van der Waals surface area contributed by atoms with E-state index in [2.05, 4.69) is 31.2 Å². The van der Waals surface area contributed by atoms with Crippen LogP contribution in [-0.2, 0) is 0 Å². The van der Waals surface area contributed by atoms with Crippen LogP contribution in [0.2, 0.25) is 0 Å². The maximum atomic E-state index is 5.33. The van der Waals surface area contributed by atoms with Gasteiger partial charge in [0.05, 0.1) is 6.26 Å². The zero-order chi connectivity index (χ0) is 10.5. The van der Waals surface area contributed by atoms with Crippen molar-refractivity contribution in [1.29, 1.82) is 0 Å². The molecule has 0 bridgehead atoms. The highest BCUT2D eigenvalue weighted by molar-refractivity contribution is 7.99. The molecule has 0 aliphatic rings. The minimum atomic E-state index is 0.932. The first kappa shape index (κ1) is 10.4. The van der Waals surface area contributed by atoms with Gasteiger partial charge in [0, 0.05) is 10.5 Å². The van der Waals surface area contributed by atoms with Gasteiger partial charge in [-0.25, -0.2) is 0 Å². The van der Waals surface area contributed by atoms with Gasteiger partial charge in [-0.15, -0.1) is 11.8 Å². The van der Waals surface area contributed by atoms with E-state index >= 15 is 0 Å². The zero-order valence-electron chi connectivity index (χ0n) is 8.77. The molecular formula is C13H14OS. The van der Waals surface area contributed by atoms with Crippen LogP contribution in [0.1, 0.15) is 13.3 Å². The molecule has 78 valence electrons. The molecule has 2 rings (SSSR count). The summed E-state index contributed by atoms with van der Waals surface area (Å²) in [4.78, 5) is 1.33. The van der Waals surface area contributed by atoms with Crippen molar-refractivity contribution in [2.75, 3.05) is 5.75 Å². The average Bonchev–Trinajstić information content (AvgIpc) is 2.80. The Hall–Kier alpha value is -1.15. The Morgan fingerprint density at radius 2 is 1.93 bits per heavy atom. The topological polar surface area (TPSA) is 13.1 Å². The van der Waals surface area contributed by atoms with E-state index in [-0.39, 0.29) is 0 Å². The van der Waals surface area contributed by atoms with Crippen molar-refractivity contribution in [3.63, 3.8) is 0 Å². The van der Waals surface area contributed by atoms with Crippen LogP contribution in [0.15, 0.2) is 52.0 Å². The second kappa shape index (κ2) is 5.08. The molecule has 0 aliphatic heterocycles. The molecule has 0 fully saturated rings. The molecule has 0 spiro atoms. The second-order valence-corrected chi connectivity index (χ2v) is 4.52. The van der Waals surface area contributed by atoms with E-state index < -0.39 is 0 Å². The van der Waals surface area contributed by atoms with Crippen LogP contribution in [0.4, 0.5) is 0 Å². The molecule has 0 radical (unpaired) electrons. The molecule has 0 amide bonds. The first-order valence-corrected chi connectivity index (χ1v) is 6.15. The SMILES string of the molecule is CCCSc1ccc(-c2ccco2)cc1. The van der Waals surface area contributed by atoms with Gasteiger partial charge in [-0.05, 0) is 36.4 Å². The zero-order valence-corrected chi connectivity index (χ0v) is 9.59. The van der Waals surface area contributed by atoms with Gasteiger partial charge in [0.1, 0.15) is 5.76 Å². The highest BCUT2D eigenvalue weighted by Crippen LogP contribution is 2.24. The van der Waals surface area contributed by atoms with Crippen molar-refractivity contribution in [2.24, 2.45) is 0 Å². The summed E-state index contributed by atoms with van der Waals surface area (Å²) in [6.07, 6.45) is 2.92. The maximum Gasteiger partial charge on any atom is 0.133 e. The normalized spacial score (nSPS) is 10.5. The molecule has 0 unspecified atom stereocenters. The summed E-state index contributed by atoms with van der Waals surface area (Å²) in [7, 11) is 0. The van der Waals surface area contributed by atoms with Crippen LogP contribution in [0.3, 0.4) is 0 Å². The van der Waals surface area contributed by atoms with Crippen molar-refractivity contribution in [1.82, 2.24) is 0 Å². The van der Waals surface area contributed by atoms with Crippen LogP contribution >= 0.6 is 11.8 Å². The highest BCUT2D eigenvalue weighted by atomic mass is 32.2. The van der Waals surface area contributed by atoms with E-state index in [0.29, 0.717) is 0 Å². The molecule has 0 atom stereocenters. The molecule has 1 aromatic carbocycles. The lowest BCUT2D eigenvalue weighted by molar-refractivity contribution is 0.582. The van der Waals surface area contributed by atoms with E-state index in [4.69, 9.17) is 4.42 Å². The lowest BCUT2D eigenvalue weighted by Crippen LogP contribution is -1.77. The van der Waals surface area contributed by atoms with Gasteiger partial charge in [-0.3, -0.25) is 0 Å².